The lowest BCUT2D eigenvalue weighted by Crippen LogP contribution is -2.50. The molecular weight excluding hydrogens is 691 g/mol. The number of amides is 1. The summed E-state index contributed by atoms with van der Waals surface area (Å²) in [7, 11) is 0. The summed E-state index contributed by atoms with van der Waals surface area (Å²) < 4.78 is 0. The molecule has 0 rings (SSSR count). The van der Waals surface area contributed by atoms with Gasteiger partial charge in [0.1, 0.15) is 6.10 Å². The first-order valence-electron chi connectivity index (χ1n) is 25.1. The van der Waals surface area contributed by atoms with Crippen molar-refractivity contribution in [3.05, 3.63) is 24.3 Å². The van der Waals surface area contributed by atoms with Crippen molar-refractivity contribution >= 4 is 5.91 Å². The first-order valence-corrected chi connectivity index (χ1v) is 25.1. The third kappa shape index (κ3) is 41.0. The molecule has 56 heavy (non-hydrogen) atoms. The van der Waals surface area contributed by atoms with Crippen LogP contribution in [0.5, 0.6) is 0 Å². The van der Waals surface area contributed by atoms with E-state index in [0.29, 0.717) is 12.8 Å². The quantitative estimate of drug-likeness (QED) is 0.0365. The predicted molar refractivity (Wildman–Crippen MR) is 245 cm³/mol. The zero-order valence-electron chi connectivity index (χ0n) is 37.8. The van der Waals surface area contributed by atoms with Gasteiger partial charge >= 0.3 is 0 Å². The van der Waals surface area contributed by atoms with Crippen molar-refractivity contribution in [3.8, 4) is 0 Å². The van der Waals surface area contributed by atoms with E-state index >= 15 is 0 Å². The molecule has 1 amide bonds. The topological polar surface area (TPSA) is 89.8 Å². The van der Waals surface area contributed by atoms with E-state index in [9.17, 15) is 20.1 Å². The summed E-state index contributed by atoms with van der Waals surface area (Å²) >= 11 is 0. The molecule has 0 aliphatic carbocycles. The van der Waals surface area contributed by atoms with Crippen LogP contribution in [0.4, 0.5) is 0 Å². The van der Waals surface area contributed by atoms with Crippen LogP contribution in [0, 0.1) is 0 Å². The third-order valence-electron chi connectivity index (χ3n) is 11.8. The molecule has 0 spiro atoms. The smallest absolute Gasteiger partial charge is 0.220 e. The lowest BCUT2D eigenvalue weighted by molar-refractivity contribution is -0.124. The highest BCUT2D eigenvalue weighted by atomic mass is 16.3. The van der Waals surface area contributed by atoms with Crippen LogP contribution in [-0.2, 0) is 4.79 Å². The largest absolute Gasteiger partial charge is 0.394 e. The molecule has 3 atom stereocenters. The van der Waals surface area contributed by atoms with Crippen molar-refractivity contribution in [2.24, 2.45) is 0 Å². The number of nitrogens with one attached hydrogen (secondary N) is 1. The number of hydrogen-bond donors (Lipinski definition) is 4. The molecule has 332 valence electrons. The summed E-state index contributed by atoms with van der Waals surface area (Å²) in [5.74, 6) is -0.149. The fraction of sp³-hybridized carbons (Fsp3) is 0.902. The maximum atomic E-state index is 12.5. The van der Waals surface area contributed by atoms with E-state index in [-0.39, 0.29) is 12.5 Å². The van der Waals surface area contributed by atoms with Gasteiger partial charge in [0, 0.05) is 6.42 Å². The number of aliphatic hydroxyl groups excluding tert-OH is 3. The summed E-state index contributed by atoms with van der Waals surface area (Å²) in [5.41, 5.74) is 0. The summed E-state index contributed by atoms with van der Waals surface area (Å²) in [6.07, 6.45) is 57.3. The second kappa shape index (κ2) is 46.5. The van der Waals surface area contributed by atoms with Gasteiger partial charge in [0.25, 0.3) is 0 Å². The highest BCUT2D eigenvalue weighted by Crippen LogP contribution is 2.17. The third-order valence-corrected chi connectivity index (χ3v) is 11.8. The predicted octanol–water partition coefficient (Wildman–Crippen LogP) is 14.9. The highest BCUT2D eigenvalue weighted by Gasteiger charge is 2.26. The van der Waals surface area contributed by atoms with E-state index in [2.05, 4.69) is 43.5 Å². The Labute approximate surface area is 350 Å². The zero-order chi connectivity index (χ0) is 40.8. The molecule has 5 heteroatoms. The van der Waals surface area contributed by atoms with Crippen LogP contribution < -0.4 is 5.32 Å². The van der Waals surface area contributed by atoms with Gasteiger partial charge in [-0.15, -0.1) is 0 Å². The van der Waals surface area contributed by atoms with Gasteiger partial charge in [-0.1, -0.05) is 244 Å². The minimum absolute atomic E-state index is 0.149. The molecule has 0 aliphatic rings. The normalized spacial score (nSPS) is 13.6. The number of carbonyl (C=O) groups is 1. The molecule has 5 nitrogen and oxygen atoms in total. The Morgan fingerprint density at radius 3 is 1.12 bits per heavy atom. The minimum atomic E-state index is -1.14. The molecule has 0 bridgehead atoms. The summed E-state index contributed by atoms with van der Waals surface area (Å²) in [6.45, 7) is 4.20. The van der Waals surface area contributed by atoms with E-state index in [4.69, 9.17) is 0 Å². The van der Waals surface area contributed by atoms with Gasteiger partial charge in [-0.2, -0.15) is 0 Å². The number of hydrogen-bond acceptors (Lipinski definition) is 4. The lowest BCUT2D eigenvalue weighted by Gasteiger charge is -2.26. The van der Waals surface area contributed by atoms with Gasteiger partial charge in [0.15, 0.2) is 0 Å². The number of unbranched alkanes of at least 4 members (excludes halogenated alkanes) is 34. The molecule has 0 saturated carbocycles. The van der Waals surface area contributed by atoms with Gasteiger partial charge in [-0.25, -0.2) is 0 Å². The maximum absolute atomic E-state index is 12.5. The standard InChI is InChI=1S/C51H99NO4/c1-3-5-7-9-11-13-15-17-19-21-23-24-25-26-28-30-32-34-36-38-40-42-44-46-50(55)52-48(47-53)51(56)49(54)45-43-41-39-37-35-33-31-29-27-22-20-18-16-14-12-10-8-6-4-2/h23-24,26,28,48-49,51,53-54,56H,3-22,25,27,29-47H2,1-2H3,(H,52,55)/b24-23-,28-26-. The molecule has 0 saturated heterocycles. The van der Waals surface area contributed by atoms with Crippen LogP contribution in [0.25, 0.3) is 0 Å². The van der Waals surface area contributed by atoms with Crippen molar-refractivity contribution in [1.82, 2.24) is 5.32 Å². The molecule has 0 radical (unpaired) electrons. The molecule has 0 aromatic heterocycles. The van der Waals surface area contributed by atoms with Crippen LogP contribution in [-0.4, -0.2) is 46.1 Å². The minimum Gasteiger partial charge on any atom is -0.394 e. The average molecular weight is 790 g/mol. The van der Waals surface area contributed by atoms with Crippen molar-refractivity contribution in [2.75, 3.05) is 6.61 Å². The Morgan fingerprint density at radius 2 is 0.768 bits per heavy atom. The molecule has 0 aliphatic heterocycles. The van der Waals surface area contributed by atoms with E-state index < -0.39 is 18.2 Å². The van der Waals surface area contributed by atoms with Crippen LogP contribution >= 0.6 is 0 Å². The van der Waals surface area contributed by atoms with Crippen molar-refractivity contribution in [1.29, 1.82) is 0 Å². The summed E-state index contributed by atoms with van der Waals surface area (Å²) in [6, 6.07) is -0.813. The number of aliphatic hydroxyl groups is 3. The van der Waals surface area contributed by atoms with E-state index in [0.717, 1.165) is 44.9 Å². The fourth-order valence-corrected chi connectivity index (χ4v) is 7.90. The fourth-order valence-electron chi connectivity index (χ4n) is 7.90. The van der Waals surface area contributed by atoms with E-state index in [1.165, 1.54) is 199 Å². The Balaban J connectivity index is 3.60. The van der Waals surface area contributed by atoms with Crippen molar-refractivity contribution in [3.63, 3.8) is 0 Å². The van der Waals surface area contributed by atoms with Gasteiger partial charge in [-0.3, -0.25) is 4.79 Å². The molecule has 0 fully saturated rings. The van der Waals surface area contributed by atoms with Crippen LogP contribution in [0.1, 0.15) is 271 Å². The first kappa shape index (κ1) is 54.8. The zero-order valence-corrected chi connectivity index (χ0v) is 37.8. The second-order valence-electron chi connectivity index (χ2n) is 17.4. The van der Waals surface area contributed by atoms with Gasteiger partial charge in [0.05, 0.1) is 18.8 Å². The molecule has 0 heterocycles. The lowest BCUT2D eigenvalue weighted by atomic mass is 9.99. The first-order chi connectivity index (χ1) is 27.6. The molecule has 3 unspecified atom stereocenters. The Bertz CT molecular complexity index is 829. The monoisotopic (exact) mass is 790 g/mol. The highest BCUT2D eigenvalue weighted by molar-refractivity contribution is 5.76. The summed E-state index contributed by atoms with van der Waals surface area (Å²) in [4.78, 5) is 12.5. The van der Waals surface area contributed by atoms with Crippen LogP contribution in [0.3, 0.4) is 0 Å². The Hall–Kier alpha value is -1.17. The average Bonchev–Trinajstić information content (AvgIpc) is 3.20. The van der Waals surface area contributed by atoms with Gasteiger partial charge < -0.3 is 20.6 Å². The van der Waals surface area contributed by atoms with E-state index in [1.807, 2.05) is 0 Å². The van der Waals surface area contributed by atoms with Gasteiger partial charge in [0.2, 0.25) is 5.91 Å². The Kier molecular flexibility index (Phi) is 45.5. The van der Waals surface area contributed by atoms with Gasteiger partial charge in [-0.05, 0) is 44.9 Å². The number of carbonyl (C=O) groups excluding carboxylic acids is 1. The van der Waals surface area contributed by atoms with Crippen molar-refractivity contribution in [2.45, 2.75) is 289 Å². The second-order valence-corrected chi connectivity index (χ2v) is 17.4. The molecule has 0 aromatic carbocycles. The molecular formula is C51H99NO4. The summed E-state index contributed by atoms with van der Waals surface area (Å²) in [5, 5.41) is 33.7. The molecule has 0 aromatic rings. The van der Waals surface area contributed by atoms with Crippen LogP contribution in [0.15, 0.2) is 24.3 Å². The van der Waals surface area contributed by atoms with Crippen molar-refractivity contribution < 1.29 is 20.1 Å². The SMILES string of the molecule is CCCCCCCCCCC/C=C\C/C=C\CCCCCCCCCC(=O)NC(CO)C(O)C(O)CCCCCCCCCCCCCCCCCCCCC. The van der Waals surface area contributed by atoms with E-state index in [1.54, 1.807) is 0 Å². The van der Waals surface area contributed by atoms with Crippen LogP contribution in [0.2, 0.25) is 0 Å². The maximum Gasteiger partial charge on any atom is 0.220 e. The number of allylic oxidation sites excluding steroid dienone is 4. The Morgan fingerprint density at radius 1 is 0.446 bits per heavy atom. The number of rotatable bonds is 46. The molecule has 4 N–H and O–H groups in total.